The zero-order valence-electron chi connectivity index (χ0n) is 15.4. The van der Waals surface area contributed by atoms with Crippen molar-refractivity contribution in [2.24, 2.45) is 0 Å². The Balaban J connectivity index is 2.03. The van der Waals surface area contributed by atoms with Crippen molar-refractivity contribution < 1.29 is 35.5 Å². The van der Waals surface area contributed by atoms with Crippen LogP contribution < -0.4 is 4.74 Å². The highest BCUT2D eigenvalue weighted by atomic mass is 19.4. The number of ether oxygens (including phenoxy) is 1. The molecule has 1 nitrogen and oxygen atoms in total. The van der Waals surface area contributed by atoms with E-state index in [-0.39, 0.29) is 21.9 Å². The summed E-state index contributed by atoms with van der Waals surface area (Å²) in [5, 5.41) is -0.336. The minimum atomic E-state index is -4.77. The molecule has 30 heavy (non-hydrogen) atoms. The highest BCUT2D eigenvalue weighted by Gasteiger charge is 2.30. The SMILES string of the molecule is C=CCCc1cc(F)c(-c2ccc3c(F)c(OCC(F)(F)F)c(F)cc3c2)c(F)c1. The number of rotatable bonds is 6. The molecule has 0 saturated heterocycles. The number of hydrogen-bond acceptors (Lipinski definition) is 1. The van der Waals surface area contributed by atoms with Crippen LogP contribution in [0.5, 0.6) is 5.75 Å². The van der Waals surface area contributed by atoms with Gasteiger partial charge in [-0.25, -0.2) is 17.6 Å². The highest BCUT2D eigenvalue weighted by Crippen LogP contribution is 2.35. The molecule has 3 aromatic carbocycles. The number of fused-ring (bicyclic) bond motifs is 1. The van der Waals surface area contributed by atoms with Crippen LogP contribution in [0.15, 0.2) is 49.1 Å². The van der Waals surface area contributed by atoms with Gasteiger partial charge in [0, 0.05) is 5.39 Å². The van der Waals surface area contributed by atoms with E-state index in [0.29, 0.717) is 18.4 Å². The molecule has 0 radical (unpaired) electrons. The summed E-state index contributed by atoms with van der Waals surface area (Å²) < 4.78 is 98.7. The van der Waals surface area contributed by atoms with Gasteiger partial charge in [-0.3, -0.25) is 0 Å². The second-order valence-corrected chi connectivity index (χ2v) is 6.60. The van der Waals surface area contributed by atoms with Crippen LogP contribution in [0.4, 0.5) is 30.7 Å². The van der Waals surface area contributed by atoms with Gasteiger partial charge in [0.1, 0.15) is 11.6 Å². The number of alkyl halides is 3. The lowest BCUT2D eigenvalue weighted by Gasteiger charge is -2.13. The van der Waals surface area contributed by atoms with Gasteiger partial charge < -0.3 is 4.74 Å². The van der Waals surface area contributed by atoms with Gasteiger partial charge in [0.2, 0.25) is 0 Å². The van der Waals surface area contributed by atoms with Gasteiger partial charge in [-0.2, -0.15) is 13.2 Å². The Hall–Kier alpha value is -3.03. The van der Waals surface area contributed by atoms with Crippen molar-refractivity contribution in [3.63, 3.8) is 0 Å². The Morgan fingerprint density at radius 1 is 0.900 bits per heavy atom. The smallest absolute Gasteiger partial charge is 0.422 e. The van der Waals surface area contributed by atoms with Crippen LogP contribution in [0, 0.1) is 23.3 Å². The maximum Gasteiger partial charge on any atom is 0.422 e. The first kappa shape index (κ1) is 21.7. The Morgan fingerprint density at radius 2 is 1.57 bits per heavy atom. The van der Waals surface area contributed by atoms with Crippen molar-refractivity contribution in [3.05, 3.63) is 77.9 Å². The third kappa shape index (κ3) is 4.58. The van der Waals surface area contributed by atoms with Crippen molar-refractivity contribution in [3.8, 4) is 16.9 Å². The monoisotopic (exact) mass is 428 g/mol. The summed E-state index contributed by atoms with van der Waals surface area (Å²) in [7, 11) is 0. The quantitative estimate of drug-likeness (QED) is 0.300. The average Bonchev–Trinajstić information content (AvgIpc) is 2.64. The molecule has 0 aliphatic carbocycles. The maximum absolute atomic E-state index is 14.5. The van der Waals surface area contributed by atoms with E-state index in [1.807, 2.05) is 0 Å². The fraction of sp³-hybridized carbons (Fsp3) is 0.182. The van der Waals surface area contributed by atoms with E-state index < -0.39 is 41.8 Å². The molecular weight excluding hydrogens is 413 g/mol. The standard InChI is InChI=1S/C22H15F7O/c1-2-3-4-12-7-16(23)19(17(24)8-12)13-5-6-15-14(9-13)10-18(25)21(20(15)26)30-11-22(27,28)29/h2,5-10H,1,3-4,11H2. The summed E-state index contributed by atoms with van der Waals surface area (Å²) in [6, 6.07) is 6.54. The third-order valence-corrected chi connectivity index (χ3v) is 4.39. The van der Waals surface area contributed by atoms with Gasteiger partial charge in [-0.1, -0.05) is 18.2 Å². The molecule has 0 fully saturated rings. The first-order valence-electron chi connectivity index (χ1n) is 8.81. The van der Waals surface area contributed by atoms with Gasteiger partial charge in [0.05, 0.1) is 5.56 Å². The van der Waals surface area contributed by atoms with Crippen LogP contribution in [-0.4, -0.2) is 12.8 Å². The Bertz CT molecular complexity index is 1080. The predicted octanol–water partition coefficient (Wildman–Crippen LogP) is 7.12. The lowest BCUT2D eigenvalue weighted by atomic mass is 9.97. The van der Waals surface area contributed by atoms with Crippen LogP contribution in [0.3, 0.4) is 0 Å². The number of aryl methyl sites for hydroxylation is 1. The molecular formula is C22H15F7O. The largest absolute Gasteiger partial charge is 0.478 e. The molecule has 0 aromatic heterocycles. The van der Waals surface area contributed by atoms with Crippen molar-refractivity contribution >= 4 is 10.8 Å². The summed E-state index contributed by atoms with van der Waals surface area (Å²) in [6.45, 7) is 1.68. The maximum atomic E-state index is 14.5. The molecule has 3 rings (SSSR count). The highest BCUT2D eigenvalue weighted by molar-refractivity contribution is 5.89. The topological polar surface area (TPSA) is 9.23 Å². The Kier molecular flexibility index (Phi) is 6.05. The number of benzene rings is 3. The zero-order chi connectivity index (χ0) is 22.1. The van der Waals surface area contributed by atoms with Gasteiger partial charge in [-0.15, -0.1) is 6.58 Å². The Labute approximate surface area is 167 Å². The van der Waals surface area contributed by atoms with Gasteiger partial charge in [0.25, 0.3) is 0 Å². The van der Waals surface area contributed by atoms with Crippen molar-refractivity contribution in [2.45, 2.75) is 19.0 Å². The van der Waals surface area contributed by atoms with E-state index >= 15 is 0 Å². The molecule has 0 bridgehead atoms. The number of allylic oxidation sites excluding steroid dienone is 1. The molecule has 0 heterocycles. The molecule has 3 aromatic rings. The average molecular weight is 428 g/mol. The molecule has 0 atom stereocenters. The Morgan fingerprint density at radius 3 is 2.17 bits per heavy atom. The summed E-state index contributed by atoms with van der Waals surface area (Å²) >= 11 is 0. The summed E-state index contributed by atoms with van der Waals surface area (Å²) in [4.78, 5) is 0. The van der Waals surface area contributed by atoms with E-state index in [4.69, 9.17) is 0 Å². The fourth-order valence-electron chi connectivity index (χ4n) is 3.07. The minimum Gasteiger partial charge on any atom is -0.478 e. The van der Waals surface area contributed by atoms with E-state index in [9.17, 15) is 30.7 Å². The van der Waals surface area contributed by atoms with Crippen molar-refractivity contribution in [2.75, 3.05) is 6.61 Å². The fourth-order valence-corrected chi connectivity index (χ4v) is 3.07. The summed E-state index contributed by atoms with van der Waals surface area (Å²) in [6.07, 6.45) is -2.23. The predicted molar refractivity (Wildman–Crippen MR) is 99.3 cm³/mol. The second kappa shape index (κ2) is 8.38. The van der Waals surface area contributed by atoms with E-state index in [1.54, 1.807) is 6.08 Å². The first-order valence-corrected chi connectivity index (χ1v) is 8.81. The van der Waals surface area contributed by atoms with Crippen LogP contribution in [0.25, 0.3) is 21.9 Å². The summed E-state index contributed by atoms with van der Waals surface area (Å²) in [5.74, 6) is -5.56. The molecule has 0 N–H and O–H groups in total. The van der Waals surface area contributed by atoms with Crippen LogP contribution in [0.1, 0.15) is 12.0 Å². The summed E-state index contributed by atoms with van der Waals surface area (Å²) in [5.41, 5.74) is 0.0750. The molecule has 158 valence electrons. The zero-order valence-corrected chi connectivity index (χ0v) is 15.4. The second-order valence-electron chi connectivity index (χ2n) is 6.60. The van der Waals surface area contributed by atoms with Gasteiger partial charge in [0.15, 0.2) is 24.0 Å². The van der Waals surface area contributed by atoms with Crippen LogP contribution >= 0.6 is 0 Å². The lowest BCUT2D eigenvalue weighted by Crippen LogP contribution is -2.20. The number of hydrogen-bond donors (Lipinski definition) is 0. The van der Waals surface area contributed by atoms with Crippen molar-refractivity contribution in [1.29, 1.82) is 0 Å². The minimum absolute atomic E-state index is 0.0236. The first-order chi connectivity index (χ1) is 14.1. The molecule has 0 amide bonds. The van der Waals surface area contributed by atoms with Crippen LogP contribution in [0.2, 0.25) is 0 Å². The molecule has 0 unspecified atom stereocenters. The lowest BCUT2D eigenvalue weighted by molar-refractivity contribution is -0.154. The molecule has 0 aliphatic heterocycles. The molecule has 0 saturated carbocycles. The van der Waals surface area contributed by atoms with Gasteiger partial charge >= 0.3 is 6.18 Å². The third-order valence-electron chi connectivity index (χ3n) is 4.39. The molecule has 0 aliphatic rings. The molecule has 8 heteroatoms. The normalized spacial score (nSPS) is 11.7. The van der Waals surface area contributed by atoms with E-state index in [0.717, 1.165) is 18.2 Å². The van der Waals surface area contributed by atoms with E-state index in [2.05, 4.69) is 11.3 Å². The number of halogens is 7. The van der Waals surface area contributed by atoms with Gasteiger partial charge in [-0.05, 0) is 53.6 Å². The van der Waals surface area contributed by atoms with E-state index in [1.165, 1.54) is 18.2 Å². The molecule has 0 spiro atoms. The van der Waals surface area contributed by atoms with Crippen molar-refractivity contribution in [1.82, 2.24) is 0 Å². The van der Waals surface area contributed by atoms with Crippen LogP contribution in [-0.2, 0) is 6.42 Å².